The Bertz CT molecular complexity index is 419. The van der Waals surface area contributed by atoms with Crippen LogP contribution in [0.4, 0.5) is 0 Å². The number of carboxylic acid groups (broad SMARTS) is 1. The fraction of sp³-hybridized carbons (Fsp3) is 0.417. The SMILES string of the molecule is CC(NCc1cccc2c1OCCO2)C(=O)O. The third-order valence-corrected chi connectivity index (χ3v) is 2.62. The van der Waals surface area contributed by atoms with Crippen LogP contribution in [0.25, 0.3) is 0 Å². The van der Waals surface area contributed by atoms with Crippen LogP contribution in [0.15, 0.2) is 18.2 Å². The van der Waals surface area contributed by atoms with Crippen LogP contribution in [-0.2, 0) is 11.3 Å². The molecule has 0 saturated carbocycles. The number of fused-ring (bicyclic) bond motifs is 1. The summed E-state index contributed by atoms with van der Waals surface area (Å²) in [6.45, 7) is 3.13. The Labute approximate surface area is 99.3 Å². The van der Waals surface area contributed by atoms with Gasteiger partial charge in [-0.1, -0.05) is 12.1 Å². The maximum absolute atomic E-state index is 10.7. The first-order valence-electron chi connectivity index (χ1n) is 5.52. The molecule has 1 aliphatic heterocycles. The number of carboxylic acids is 1. The van der Waals surface area contributed by atoms with E-state index in [0.29, 0.717) is 25.5 Å². The highest BCUT2D eigenvalue weighted by Gasteiger charge is 2.16. The molecule has 1 aromatic carbocycles. The molecule has 17 heavy (non-hydrogen) atoms. The van der Waals surface area contributed by atoms with E-state index in [2.05, 4.69) is 5.32 Å². The number of nitrogens with one attached hydrogen (secondary N) is 1. The third-order valence-electron chi connectivity index (χ3n) is 2.62. The molecule has 0 aliphatic carbocycles. The minimum absolute atomic E-state index is 0.444. The van der Waals surface area contributed by atoms with Crippen LogP contribution >= 0.6 is 0 Å². The molecule has 0 bridgehead atoms. The standard InChI is InChI=1S/C12H15NO4/c1-8(12(14)15)13-7-9-3-2-4-10-11(9)17-6-5-16-10/h2-4,8,13H,5-7H2,1H3,(H,14,15). The Morgan fingerprint density at radius 2 is 2.24 bits per heavy atom. The summed E-state index contributed by atoms with van der Waals surface area (Å²) in [4.78, 5) is 10.7. The molecule has 92 valence electrons. The number of aliphatic carboxylic acids is 1. The molecule has 1 atom stereocenters. The van der Waals surface area contributed by atoms with Crippen LogP contribution in [-0.4, -0.2) is 30.3 Å². The van der Waals surface area contributed by atoms with Crippen molar-refractivity contribution in [3.05, 3.63) is 23.8 Å². The van der Waals surface area contributed by atoms with Gasteiger partial charge >= 0.3 is 5.97 Å². The van der Waals surface area contributed by atoms with E-state index in [1.54, 1.807) is 6.92 Å². The van der Waals surface area contributed by atoms with Gasteiger partial charge in [-0.2, -0.15) is 0 Å². The van der Waals surface area contributed by atoms with Gasteiger partial charge in [0.1, 0.15) is 19.3 Å². The lowest BCUT2D eigenvalue weighted by Crippen LogP contribution is -2.33. The average Bonchev–Trinajstić information content (AvgIpc) is 2.35. The zero-order valence-corrected chi connectivity index (χ0v) is 9.60. The lowest BCUT2D eigenvalue weighted by atomic mass is 10.1. The summed E-state index contributed by atoms with van der Waals surface area (Å²) < 4.78 is 11.0. The second-order valence-electron chi connectivity index (χ2n) is 3.88. The molecule has 0 saturated heterocycles. The zero-order valence-electron chi connectivity index (χ0n) is 9.60. The van der Waals surface area contributed by atoms with Crippen LogP contribution in [0.3, 0.4) is 0 Å². The van der Waals surface area contributed by atoms with Crippen molar-refractivity contribution in [2.45, 2.75) is 19.5 Å². The van der Waals surface area contributed by atoms with Crippen LogP contribution in [0.2, 0.25) is 0 Å². The van der Waals surface area contributed by atoms with Crippen molar-refractivity contribution in [3.63, 3.8) is 0 Å². The summed E-state index contributed by atoms with van der Waals surface area (Å²) in [5.41, 5.74) is 0.912. The zero-order chi connectivity index (χ0) is 12.3. The number of ether oxygens (including phenoxy) is 2. The highest BCUT2D eigenvalue weighted by atomic mass is 16.6. The van der Waals surface area contributed by atoms with Gasteiger partial charge in [0, 0.05) is 12.1 Å². The van der Waals surface area contributed by atoms with E-state index in [1.807, 2.05) is 18.2 Å². The minimum atomic E-state index is -0.869. The fourth-order valence-corrected chi connectivity index (χ4v) is 1.62. The minimum Gasteiger partial charge on any atom is -0.486 e. The van der Waals surface area contributed by atoms with E-state index in [-0.39, 0.29) is 0 Å². The molecule has 0 spiro atoms. The molecule has 1 aliphatic rings. The van der Waals surface area contributed by atoms with Crippen molar-refractivity contribution in [2.24, 2.45) is 0 Å². The van der Waals surface area contributed by atoms with Gasteiger partial charge < -0.3 is 19.9 Å². The maximum Gasteiger partial charge on any atom is 0.320 e. The molecule has 2 N–H and O–H groups in total. The first kappa shape index (κ1) is 11.7. The molecule has 1 unspecified atom stereocenters. The van der Waals surface area contributed by atoms with Crippen molar-refractivity contribution >= 4 is 5.97 Å². The Balaban J connectivity index is 2.08. The monoisotopic (exact) mass is 237 g/mol. The van der Waals surface area contributed by atoms with Crippen molar-refractivity contribution in [3.8, 4) is 11.5 Å². The van der Waals surface area contributed by atoms with Gasteiger partial charge in [-0.15, -0.1) is 0 Å². The van der Waals surface area contributed by atoms with E-state index >= 15 is 0 Å². The smallest absolute Gasteiger partial charge is 0.320 e. The second kappa shape index (κ2) is 5.05. The first-order chi connectivity index (χ1) is 8.18. The molecular weight excluding hydrogens is 222 g/mol. The Morgan fingerprint density at radius 3 is 3.00 bits per heavy atom. The van der Waals surface area contributed by atoms with Gasteiger partial charge in [-0.25, -0.2) is 0 Å². The van der Waals surface area contributed by atoms with Crippen molar-refractivity contribution in [2.75, 3.05) is 13.2 Å². The molecule has 2 rings (SSSR count). The predicted molar refractivity (Wildman–Crippen MR) is 61.4 cm³/mol. The molecular formula is C12H15NO4. The van der Waals surface area contributed by atoms with Gasteiger partial charge in [0.05, 0.1) is 0 Å². The number of carbonyl (C=O) groups is 1. The van der Waals surface area contributed by atoms with E-state index in [0.717, 1.165) is 11.3 Å². The lowest BCUT2D eigenvalue weighted by molar-refractivity contribution is -0.139. The maximum atomic E-state index is 10.7. The highest BCUT2D eigenvalue weighted by Crippen LogP contribution is 2.33. The number of hydrogen-bond donors (Lipinski definition) is 2. The number of rotatable bonds is 4. The van der Waals surface area contributed by atoms with Gasteiger partial charge in [-0.05, 0) is 13.0 Å². The molecule has 1 aromatic rings. The molecule has 0 amide bonds. The summed E-state index contributed by atoms with van der Waals surface area (Å²) in [5.74, 6) is 0.564. The fourth-order valence-electron chi connectivity index (χ4n) is 1.62. The van der Waals surface area contributed by atoms with Gasteiger partial charge in [0.25, 0.3) is 0 Å². The second-order valence-corrected chi connectivity index (χ2v) is 3.88. The van der Waals surface area contributed by atoms with Crippen molar-refractivity contribution in [1.29, 1.82) is 0 Å². The average molecular weight is 237 g/mol. The molecule has 5 heteroatoms. The first-order valence-corrected chi connectivity index (χ1v) is 5.52. The van der Waals surface area contributed by atoms with E-state index in [1.165, 1.54) is 0 Å². The Hall–Kier alpha value is -1.75. The summed E-state index contributed by atoms with van der Waals surface area (Å²) >= 11 is 0. The van der Waals surface area contributed by atoms with E-state index in [9.17, 15) is 4.79 Å². The topological polar surface area (TPSA) is 67.8 Å². The summed E-state index contributed by atoms with van der Waals surface area (Å²) in [5, 5.41) is 11.7. The summed E-state index contributed by atoms with van der Waals surface area (Å²) in [6.07, 6.45) is 0. The molecule has 5 nitrogen and oxygen atoms in total. The third kappa shape index (κ3) is 2.68. The number of hydrogen-bond acceptors (Lipinski definition) is 4. The quantitative estimate of drug-likeness (QED) is 0.818. The highest BCUT2D eigenvalue weighted by molar-refractivity contribution is 5.72. The van der Waals surface area contributed by atoms with Crippen molar-refractivity contribution in [1.82, 2.24) is 5.32 Å². The number of benzene rings is 1. The van der Waals surface area contributed by atoms with Gasteiger partial charge in [-0.3, -0.25) is 4.79 Å². The van der Waals surface area contributed by atoms with Crippen LogP contribution in [0.1, 0.15) is 12.5 Å². The van der Waals surface area contributed by atoms with Crippen LogP contribution < -0.4 is 14.8 Å². The predicted octanol–water partition coefficient (Wildman–Crippen LogP) is 1.02. The molecule has 1 heterocycles. The van der Waals surface area contributed by atoms with Crippen LogP contribution in [0.5, 0.6) is 11.5 Å². The summed E-state index contributed by atoms with van der Waals surface area (Å²) in [6, 6.07) is 5.03. The molecule has 0 radical (unpaired) electrons. The van der Waals surface area contributed by atoms with Crippen molar-refractivity contribution < 1.29 is 19.4 Å². The molecule has 0 aromatic heterocycles. The number of para-hydroxylation sites is 1. The normalized spacial score (nSPS) is 15.4. The lowest BCUT2D eigenvalue weighted by Gasteiger charge is -2.21. The van der Waals surface area contributed by atoms with Gasteiger partial charge in [0.2, 0.25) is 0 Å². The Kier molecular flexibility index (Phi) is 3.49. The van der Waals surface area contributed by atoms with E-state index in [4.69, 9.17) is 14.6 Å². The Morgan fingerprint density at radius 1 is 1.47 bits per heavy atom. The van der Waals surface area contributed by atoms with Crippen LogP contribution in [0, 0.1) is 0 Å². The van der Waals surface area contributed by atoms with E-state index < -0.39 is 12.0 Å². The van der Waals surface area contributed by atoms with Gasteiger partial charge in [0.15, 0.2) is 11.5 Å². The molecule has 0 fully saturated rings. The summed E-state index contributed by atoms with van der Waals surface area (Å²) in [7, 11) is 0. The largest absolute Gasteiger partial charge is 0.486 e.